The summed E-state index contributed by atoms with van der Waals surface area (Å²) in [6, 6.07) is 18.0. The minimum Gasteiger partial charge on any atom is -0.457 e. The number of rotatable bonds is 6. The van der Waals surface area contributed by atoms with Crippen molar-refractivity contribution in [1.82, 2.24) is 24.6 Å². The normalized spacial score (nSPS) is 16.0. The largest absolute Gasteiger partial charge is 0.457 e. The van der Waals surface area contributed by atoms with Crippen molar-refractivity contribution in [2.75, 3.05) is 18.8 Å². The predicted molar refractivity (Wildman–Crippen MR) is 130 cm³/mol. The maximum Gasteiger partial charge on any atom is 0.164 e. The molecular weight excluding hydrogens is 412 g/mol. The van der Waals surface area contributed by atoms with Crippen LogP contribution in [-0.4, -0.2) is 43.8 Å². The molecule has 2 N–H and O–H groups in total. The minimum atomic E-state index is 0.375. The SMILES string of the molecule is CC#CCN1CCCC1Cn1nc(-c2ccc(Oc3ccccc3)cc2)c2c(N)ncnc21. The highest BCUT2D eigenvalue weighted by Crippen LogP contribution is 2.32. The van der Waals surface area contributed by atoms with Crippen molar-refractivity contribution in [3.05, 3.63) is 60.9 Å². The van der Waals surface area contributed by atoms with Crippen LogP contribution in [0.4, 0.5) is 5.82 Å². The van der Waals surface area contributed by atoms with Gasteiger partial charge in [0.1, 0.15) is 29.3 Å². The lowest BCUT2D eigenvalue weighted by Gasteiger charge is -2.22. The molecule has 5 rings (SSSR count). The third kappa shape index (κ3) is 4.38. The Bertz CT molecular complexity index is 1300. The predicted octanol–water partition coefficient (Wildman–Crippen LogP) is 4.36. The lowest BCUT2D eigenvalue weighted by Crippen LogP contribution is -2.33. The molecule has 1 saturated heterocycles. The van der Waals surface area contributed by atoms with Crippen LogP contribution in [0.15, 0.2) is 60.9 Å². The second-order valence-corrected chi connectivity index (χ2v) is 8.12. The maximum absolute atomic E-state index is 6.28. The molecular formula is C26H26N6O. The molecule has 0 aliphatic carbocycles. The zero-order valence-electron chi connectivity index (χ0n) is 18.6. The van der Waals surface area contributed by atoms with E-state index in [1.165, 1.54) is 12.7 Å². The molecule has 7 nitrogen and oxygen atoms in total. The van der Waals surface area contributed by atoms with Gasteiger partial charge in [0.25, 0.3) is 0 Å². The first kappa shape index (κ1) is 21.0. The first-order valence-electron chi connectivity index (χ1n) is 11.2. The molecule has 1 aliphatic rings. The summed E-state index contributed by atoms with van der Waals surface area (Å²) in [5.74, 6) is 8.19. The number of nitrogens with zero attached hydrogens (tertiary/aromatic N) is 5. The van der Waals surface area contributed by atoms with E-state index in [1.54, 1.807) is 0 Å². The molecule has 1 fully saturated rings. The molecule has 4 aromatic rings. The van der Waals surface area contributed by atoms with Crippen LogP contribution >= 0.6 is 0 Å². The van der Waals surface area contributed by atoms with E-state index < -0.39 is 0 Å². The maximum atomic E-state index is 6.28. The third-order valence-corrected chi connectivity index (χ3v) is 6.01. The number of benzene rings is 2. The van der Waals surface area contributed by atoms with Gasteiger partial charge in [0, 0.05) is 11.6 Å². The number of anilines is 1. The first-order valence-corrected chi connectivity index (χ1v) is 11.2. The molecule has 0 saturated carbocycles. The Labute approximate surface area is 193 Å². The molecule has 3 heterocycles. The lowest BCUT2D eigenvalue weighted by molar-refractivity contribution is 0.255. The average molecular weight is 439 g/mol. The molecule has 1 unspecified atom stereocenters. The number of para-hydroxylation sites is 1. The Morgan fingerprint density at radius 3 is 2.64 bits per heavy atom. The van der Waals surface area contributed by atoms with E-state index in [-0.39, 0.29) is 0 Å². The van der Waals surface area contributed by atoms with Crippen molar-refractivity contribution in [2.45, 2.75) is 32.4 Å². The Hall–Kier alpha value is -3.89. The van der Waals surface area contributed by atoms with Crippen LogP contribution in [0.25, 0.3) is 22.3 Å². The van der Waals surface area contributed by atoms with E-state index in [9.17, 15) is 0 Å². The Morgan fingerprint density at radius 2 is 1.85 bits per heavy atom. The molecule has 0 amide bonds. The number of ether oxygens (including phenoxy) is 1. The molecule has 33 heavy (non-hydrogen) atoms. The summed E-state index contributed by atoms with van der Waals surface area (Å²) in [5.41, 5.74) is 8.77. The highest BCUT2D eigenvalue weighted by atomic mass is 16.5. The summed E-state index contributed by atoms with van der Waals surface area (Å²) in [7, 11) is 0. The quantitative estimate of drug-likeness (QED) is 0.451. The van der Waals surface area contributed by atoms with Gasteiger partial charge in [0.15, 0.2) is 5.65 Å². The summed E-state index contributed by atoms with van der Waals surface area (Å²) in [5, 5.41) is 5.73. The third-order valence-electron chi connectivity index (χ3n) is 6.01. The minimum absolute atomic E-state index is 0.375. The number of fused-ring (bicyclic) bond motifs is 1. The molecule has 166 valence electrons. The molecule has 7 heteroatoms. The van der Waals surface area contributed by atoms with Gasteiger partial charge >= 0.3 is 0 Å². The fourth-order valence-electron chi connectivity index (χ4n) is 4.36. The summed E-state index contributed by atoms with van der Waals surface area (Å²) in [6.07, 6.45) is 3.79. The second kappa shape index (κ2) is 9.31. The average Bonchev–Trinajstić information content (AvgIpc) is 3.44. The van der Waals surface area contributed by atoms with Crippen molar-refractivity contribution >= 4 is 16.9 Å². The van der Waals surface area contributed by atoms with Gasteiger partial charge in [-0.25, -0.2) is 14.6 Å². The fourth-order valence-corrected chi connectivity index (χ4v) is 4.36. The van der Waals surface area contributed by atoms with Gasteiger partial charge in [-0.3, -0.25) is 4.90 Å². The number of aromatic nitrogens is 4. The van der Waals surface area contributed by atoms with Gasteiger partial charge in [-0.15, -0.1) is 5.92 Å². The zero-order chi connectivity index (χ0) is 22.6. The molecule has 2 aromatic carbocycles. The molecule has 0 bridgehead atoms. The number of nitrogens with two attached hydrogens (primary N) is 1. The van der Waals surface area contributed by atoms with Gasteiger partial charge < -0.3 is 10.5 Å². The van der Waals surface area contributed by atoms with Gasteiger partial charge in [-0.1, -0.05) is 24.1 Å². The number of likely N-dealkylation sites (tertiary alicyclic amines) is 1. The Morgan fingerprint density at radius 1 is 1.06 bits per heavy atom. The van der Waals surface area contributed by atoms with Crippen LogP contribution in [0, 0.1) is 11.8 Å². The van der Waals surface area contributed by atoms with Crippen LogP contribution in [-0.2, 0) is 6.54 Å². The molecule has 1 aliphatic heterocycles. The van der Waals surface area contributed by atoms with Crippen molar-refractivity contribution in [3.63, 3.8) is 0 Å². The summed E-state index contributed by atoms with van der Waals surface area (Å²) in [6.45, 7) is 4.47. The zero-order valence-corrected chi connectivity index (χ0v) is 18.6. The van der Waals surface area contributed by atoms with Crippen molar-refractivity contribution in [2.24, 2.45) is 0 Å². The van der Waals surface area contributed by atoms with Gasteiger partial charge in [0.05, 0.1) is 18.5 Å². The van der Waals surface area contributed by atoms with E-state index in [0.29, 0.717) is 11.9 Å². The van der Waals surface area contributed by atoms with Crippen LogP contribution in [0.5, 0.6) is 11.5 Å². The fraction of sp³-hybridized carbons (Fsp3) is 0.269. The number of hydrogen-bond donors (Lipinski definition) is 1. The smallest absolute Gasteiger partial charge is 0.164 e. The second-order valence-electron chi connectivity index (χ2n) is 8.12. The highest BCUT2D eigenvalue weighted by molar-refractivity contribution is 5.98. The van der Waals surface area contributed by atoms with Crippen molar-refractivity contribution < 1.29 is 4.74 Å². The number of nitrogen functional groups attached to an aromatic ring is 1. The van der Waals surface area contributed by atoms with E-state index >= 15 is 0 Å². The lowest BCUT2D eigenvalue weighted by atomic mass is 10.1. The van der Waals surface area contributed by atoms with Gasteiger partial charge in [-0.05, 0) is 62.7 Å². The molecule has 1 atom stereocenters. The summed E-state index contributed by atoms with van der Waals surface area (Å²) in [4.78, 5) is 11.2. The summed E-state index contributed by atoms with van der Waals surface area (Å²) < 4.78 is 7.90. The van der Waals surface area contributed by atoms with Gasteiger partial charge in [-0.2, -0.15) is 5.10 Å². The van der Waals surface area contributed by atoms with Crippen molar-refractivity contribution in [1.29, 1.82) is 0 Å². The van der Waals surface area contributed by atoms with E-state index in [0.717, 1.165) is 59.8 Å². The van der Waals surface area contributed by atoms with E-state index in [1.807, 2.05) is 66.2 Å². The van der Waals surface area contributed by atoms with E-state index in [4.69, 9.17) is 15.6 Å². The van der Waals surface area contributed by atoms with Gasteiger partial charge in [0.2, 0.25) is 0 Å². The topological polar surface area (TPSA) is 82.1 Å². The van der Waals surface area contributed by atoms with E-state index in [2.05, 4.69) is 26.7 Å². The monoisotopic (exact) mass is 438 g/mol. The van der Waals surface area contributed by atoms with Crippen LogP contribution in [0.1, 0.15) is 19.8 Å². The van der Waals surface area contributed by atoms with Crippen molar-refractivity contribution in [3.8, 4) is 34.6 Å². The Kier molecular flexibility index (Phi) is 5.92. The number of hydrogen-bond acceptors (Lipinski definition) is 6. The Balaban J connectivity index is 1.45. The summed E-state index contributed by atoms with van der Waals surface area (Å²) >= 11 is 0. The molecule has 2 aromatic heterocycles. The van der Waals surface area contributed by atoms with Crippen LogP contribution < -0.4 is 10.5 Å². The first-order chi connectivity index (χ1) is 16.2. The van der Waals surface area contributed by atoms with Crippen LogP contribution in [0.2, 0.25) is 0 Å². The van der Waals surface area contributed by atoms with Crippen LogP contribution in [0.3, 0.4) is 0 Å². The standard InChI is InChI=1S/C26H26N6O/c1-2-3-15-31-16-7-8-20(31)17-32-26-23(25(27)28-18-29-26)24(30-32)19-11-13-22(14-12-19)33-21-9-5-4-6-10-21/h4-6,9-14,18,20H,7-8,15-17H2,1H3,(H2,27,28,29). The molecule has 0 spiro atoms. The highest BCUT2D eigenvalue weighted by Gasteiger charge is 2.26. The molecule has 0 radical (unpaired) electrons.